The van der Waals surface area contributed by atoms with Crippen LogP contribution in [0.3, 0.4) is 0 Å². The molecule has 0 heterocycles. The molecule has 100 valence electrons. The van der Waals surface area contributed by atoms with E-state index in [4.69, 9.17) is 4.74 Å². The fourth-order valence-corrected chi connectivity index (χ4v) is 1.82. The molecule has 0 atom stereocenters. The lowest BCUT2D eigenvalue weighted by Gasteiger charge is -2.08. The minimum Gasteiger partial charge on any atom is -0.493 e. The van der Waals surface area contributed by atoms with E-state index >= 15 is 0 Å². The number of ether oxygens (including phenoxy) is 1. The van der Waals surface area contributed by atoms with Gasteiger partial charge in [-0.25, -0.2) is 4.39 Å². The largest absolute Gasteiger partial charge is 0.493 e. The second-order valence-electron chi connectivity index (χ2n) is 4.39. The molecule has 0 aromatic heterocycles. The van der Waals surface area contributed by atoms with Gasteiger partial charge in [-0.05, 0) is 18.6 Å². The van der Waals surface area contributed by atoms with Crippen molar-refractivity contribution in [1.82, 2.24) is 0 Å². The van der Waals surface area contributed by atoms with Crippen LogP contribution in [0.5, 0.6) is 5.75 Å². The van der Waals surface area contributed by atoms with Gasteiger partial charge in [0.1, 0.15) is 11.6 Å². The van der Waals surface area contributed by atoms with Crippen molar-refractivity contribution >= 4 is 6.29 Å². The van der Waals surface area contributed by atoms with E-state index in [-0.39, 0.29) is 5.56 Å². The Labute approximate surface area is 108 Å². The van der Waals surface area contributed by atoms with Crippen LogP contribution < -0.4 is 4.74 Å². The van der Waals surface area contributed by atoms with Crippen molar-refractivity contribution in [3.63, 3.8) is 0 Å². The lowest BCUT2D eigenvalue weighted by atomic mass is 10.1. The van der Waals surface area contributed by atoms with Crippen LogP contribution in [0.2, 0.25) is 0 Å². The first-order valence-corrected chi connectivity index (χ1v) is 6.66. The number of benzene rings is 1. The minimum absolute atomic E-state index is 0.0171. The normalized spacial score (nSPS) is 10.3. The fraction of sp³-hybridized carbons (Fsp3) is 0.533. The summed E-state index contributed by atoms with van der Waals surface area (Å²) in [5.74, 6) is -0.177. The third kappa shape index (κ3) is 4.86. The van der Waals surface area contributed by atoms with Crippen molar-refractivity contribution < 1.29 is 13.9 Å². The van der Waals surface area contributed by atoms with E-state index in [9.17, 15) is 9.18 Å². The Hall–Kier alpha value is -1.38. The van der Waals surface area contributed by atoms with Gasteiger partial charge in [0.2, 0.25) is 0 Å². The minimum atomic E-state index is -0.523. The molecule has 1 aromatic carbocycles. The highest BCUT2D eigenvalue weighted by Gasteiger charge is 2.07. The molecule has 18 heavy (non-hydrogen) atoms. The maximum Gasteiger partial charge on any atom is 0.156 e. The Morgan fingerprint density at radius 2 is 1.89 bits per heavy atom. The number of halogens is 1. The second-order valence-corrected chi connectivity index (χ2v) is 4.39. The van der Waals surface area contributed by atoms with Gasteiger partial charge in [0, 0.05) is 0 Å². The third-order valence-electron chi connectivity index (χ3n) is 2.89. The highest BCUT2D eigenvalue weighted by molar-refractivity contribution is 5.79. The Morgan fingerprint density at radius 1 is 1.17 bits per heavy atom. The van der Waals surface area contributed by atoms with Crippen LogP contribution in [-0.2, 0) is 0 Å². The summed E-state index contributed by atoms with van der Waals surface area (Å²) in [7, 11) is 0. The molecule has 3 heteroatoms. The van der Waals surface area contributed by atoms with Crippen molar-refractivity contribution in [2.24, 2.45) is 0 Å². The van der Waals surface area contributed by atoms with Crippen LogP contribution in [0, 0.1) is 5.82 Å². The molecular formula is C15H21FO2. The van der Waals surface area contributed by atoms with E-state index in [1.54, 1.807) is 12.1 Å². The molecule has 0 aliphatic rings. The summed E-state index contributed by atoms with van der Waals surface area (Å²) in [6, 6.07) is 4.45. The maximum atomic E-state index is 13.3. The maximum absolute atomic E-state index is 13.3. The molecule has 0 saturated heterocycles. The van der Waals surface area contributed by atoms with Crippen LogP contribution in [0.4, 0.5) is 4.39 Å². The lowest BCUT2D eigenvalue weighted by molar-refractivity contribution is 0.111. The highest BCUT2D eigenvalue weighted by Crippen LogP contribution is 2.19. The average molecular weight is 252 g/mol. The monoisotopic (exact) mass is 252 g/mol. The number of unbranched alkanes of at least 4 members (excludes halogenated alkanes) is 5. The first-order chi connectivity index (χ1) is 8.79. The number of carbonyl (C=O) groups is 1. The number of hydrogen-bond donors (Lipinski definition) is 0. The summed E-state index contributed by atoms with van der Waals surface area (Å²) in [6.45, 7) is 2.73. The van der Waals surface area contributed by atoms with E-state index in [0.29, 0.717) is 18.6 Å². The first kappa shape index (κ1) is 14.7. The van der Waals surface area contributed by atoms with E-state index in [2.05, 4.69) is 6.92 Å². The Balaban J connectivity index is 2.27. The van der Waals surface area contributed by atoms with E-state index in [1.165, 1.54) is 31.7 Å². The van der Waals surface area contributed by atoms with E-state index < -0.39 is 5.82 Å². The van der Waals surface area contributed by atoms with Crippen molar-refractivity contribution in [3.05, 3.63) is 29.6 Å². The summed E-state index contributed by atoms with van der Waals surface area (Å²) in [5.41, 5.74) is 0.0171. The second kappa shape index (κ2) is 8.67. The molecule has 1 rings (SSSR count). The number of rotatable bonds is 9. The molecule has 0 fully saturated rings. The smallest absolute Gasteiger partial charge is 0.156 e. The van der Waals surface area contributed by atoms with Gasteiger partial charge in [-0.2, -0.15) is 0 Å². The molecule has 0 unspecified atom stereocenters. The van der Waals surface area contributed by atoms with Gasteiger partial charge in [0.25, 0.3) is 0 Å². The molecule has 0 aliphatic heterocycles. The summed E-state index contributed by atoms with van der Waals surface area (Å²) >= 11 is 0. The third-order valence-corrected chi connectivity index (χ3v) is 2.89. The molecule has 0 N–H and O–H groups in total. The van der Waals surface area contributed by atoms with Crippen LogP contribution in [-0.4, -0.2) is 12.9 Å². The summed E-state index contributed by atoms with van der Waals surface area (Å²) < 4.78 is 18.7. The zero-order valence-corrected chi connectivity index (χ0v) is 11.0. The quantitative estimate of drug-likeness (QED) is 0.481. The molecule has 0 saturated carbocycles. The van der Waals surface area contributed by atoms with Crippen LogP contribution in [0.15, 0.2) is 18.2 Å². The topological polar surface area (TPSA) is 26.3 Å². The van der Waals surface area contributed by atoms with Crippen molar-refractivity contribution in [1.29, 1.82) is 0 Å². The Morgan fingerprint density at radius 3 is 2.61 bits per heavy atom. The molecule has 0 bridgehead atoms. The predicted octanol–water partition coefficient (Wildman–Crippen LogP) is 4.38. The van der Waals surface area contributed by atoms with E-state index in [1.807, 2.05) is 0 Å². The number of carbonyl (C=O) groups excluding carboxylic acids is 1. The number of aldehydes is 1. The molecule has 0 amide bonds. The van der Waals surface area contributed by atoms with Gasteiger partial charge in [0.05, 0.1) is 12.2 Å². The molecule has 0 radical (unpaired) electrons. The molecular weight excluding hydrogens is 231 g/mol. The first-order valence-electron chi connectivity index (χ1n) is 6.66. The molecule has 1 aromatic rings. The fourth-order valence-electron chi connectivity index (χ4n) is 1.82. The summed E-state index contributed by atoms with van der Waals surface area (Å²) in [4.78, 5) is 10.7. The highest BCUT2D eigenvalue weighted by atomic mass is 19.1. The van der Waals surface area contributed by atoms with Gasteiger partial charge in [0.15, 0.2) is 6.29 Å². The van der Waals surface area contributed by atoms with Crippen LogP contribution >= 0.6 is 0 Å². The van der Waals surface area contributed by atoms with Crippen LogP contribution in [0.1, 0.15) is 55.8 Å². The average Bonchev–Trinajstić information content (AvgIpc) is 2.38. The summed E-state index contributed by atoms with van der Waals surface area (Å²) in [6.07, 6.45) is 7.55. The van der Waals surface area contributed by atoms with Gasteiger partial charge in [-0.1, -0.05) is 45.1 Å². The standard InChI is InChI=1S/C15H21FO2/c1-2-3-4-5-6-7-11-18-15-10-8-9-14(16)13(15)12-17/h8-10,12H,2-7,11H2,1H3. The van der Waals surface area contributed by atoms with Crippen LogP contribution in [0.25, 0.3) is 0 Å². The number of hydrogen-bond acceptors (Lipinski definition) is 2. The summed E-state index contributed by atoms with van der Waals surface area (Å²) in [5, 5.41) is 0. The van der Waals surface area contributed by atoms with Gasteiger partial charge < -0.3 is 4.74 Å². The Kier molecular flexibility index (Phi) is 7.07. The van der Waals surface area contributed by atoms with Gasteiger partial charge in [-0.15, -0.1) is 0 Å². The Bertz CT molecular complexity index is 364. The molecule has 2 nitrogen and oxygen atoms in total. The van der Waals surface area contributed by atoms with Crippen molar-refractivity contribution in [3.8, 4) is 5.75 Å². The predicted molar refractivity (Wildman–Crippen MR) is 70.7 cm³/mol. The van der Waals surface area contributed by atoms with Crippen molar-refractivity contribution in [2.75, 3.05) is 6.61 Å². The lowest BCUT2D eigenvalue weighted by Crippen LogP contribution is -2.01. The zero-order chi connectivity index (χ0) is 13.2. The van der Waals surface area contributed by atoms with Crippen molar-refractivity contribution in [2.45, 2.75) is 45.4 Å². The molecule has 0 aliphatic carbocycles. The SMILES string of the molecule is CCCCCCCCOc1cccc(F)c1C=O. The van der Waals surface area contributed by atoms with E-state index in [0.717, 1.165) is 12.8 Å². The van der Waals surface area contributed by atoms with Gasteiger partial charge >= 0.3 is 0 Å². The van der Waals surface area contributed by atoms with Gasteiger partial charge in [-0.3, -0.25) is 4.79 Å². The molecule has 0 spiro atoms. The zero-order valence-electron chi connectivity index (χ0n) is 11.0.